The van der Waals surface area contributed by atoms with Crippen LogP contribution in [0.15, 0.2) is 42.5 Å². The van der Waals surface area contributed by atoms with E-state index in [4.69, 9.17) is 11.6 Å². The van der Waals surface area contributed by atoms with Crippen molar-refractivity contribution in [1.29, 1.82) is 0 Å². The van der Waals surface area contributed by atoms with Gasteiger partial charge in [-0.1, -0.05) is 62.7 Å². The van der Waals surface area contributed by atoms with Crippen LogP contribution in [0.25, 0.3) is 11.1 Å². The van der Waals surface area contributed by atoms with Crippen LogP contribution < -0.4 is 5.32 Å². The van der Waals surface area contributed by atoms with Crippen molar-refractivity contribution in [3.63, 3.8) is 0 Å². The Balaban J connectivity index is 2.37. The Labute approximate surface area is 133 Å². The summed E-state index contributed by atoms with van der Waals surface area (Å²) in [5, 5.41) is 4.19. The van der Waals surface area contributed by atoms with Gasteiger partial charge >= 0.3 is 0 Å². The molecule has 2 rings (SSSR count). The average Bonchev–Trinajstić information content (AvgIpc) is 2.45. The first kappa shape index (κ1) is 16.1. The van der Waals surface area contributed by atoms with E-state index in [2.05, 4.69) is 62.5 Å². The smallest absolute Gasteiger partial charge is 0.0412 e. The number of nitrogens with one attached hydrogen (secondary N) is 1. The summed E-state index contributed by atoms with van der Waals surface area (Å²) in [6.07, 6.45) is 1.11. The molecule has 2 heteroatoms. The molecule has 2 aromatic carbocycles. The van der Waals surface area contributed by atoms with Crippen molar-refractivity contribution in [2.75, 3.05) is 6.54 Å². The van der Waals surface area contributed by atoms with E-state index in [9.17, 15) is 0 Å². The van der Waals surface area contributed by atoms with Gasteiger partial charge in [-0.15, -0.1) is 0 Å². The van der Waals surface area contributed by atoms with Gasteiger partial charge in [0, 0.05) is 11.6 Å². The van der Waals surface area contributed by atoms with Crippen LogP contribution in [-0.4, -0.2) is 6.54 Å². The quantitative estimate of drug-likeness (QED) is 0.762. The molecule has 0 atom stereocenters. The largest absolute Gasteiger partial charge is 0.313 e. The van der Waals surface area contributed by atoms with Crippen LogP contribution in [0.2, 0.25) is 5.02 Å². The Hall–Kier alpha value is -1.31. The summed E-state index contributed by atoms with van der Waals surface area (Å²) in [7, 11) is 0. The lowest BCUT2D eigenvalue weighted by Crippen LogP contribution is -2.12. The molecule has 0 aliphatic heterocycles. The summed E-state index contributed by atoms with van der Waals surface area (Å²) in [4.78, 5) is 0. The molecule has 1 N–H and O–H groups in total. The molecule has 0 saturated carbocycles. The minimum atomic E-state index is 0.667. The number of hydrogen-bond donors (Lipinski definition) is 1. The molecule has 0 radical (unpaired) electrons. The summed E-state index contributed by atoms with van der Waals surface area (Å²) in [6, 6.07) is 15.0. The third-order valence-electron chi connectivity index (χ3n) is 3.52. The van der Waals surface area contributed by atoms with E-state index in [1.165, 1.54) is 22.3 Å². The van der Waals surface area contributed by atoms with Gasteiger partial charge in [0.05, 0.1) is 0 Å². The summed E-state index contributed by atoms with van der Waals surface area (Å²) < 4.78 is 0. The van der Waals surface area contributed by atoms with Crippen LogP contribution in [0.5, 0.6) is 0 Å². The minimum absolute atomic E-state index is 0.667. The molecule has 0 saturated heterocycles. The van der Waals surface area contributed by atoms with Gasteiger partial charge in [-0.05, 0) is 53.3 Å². The van der Waals surface area contributed by atoms with Crippen LogP contribution >= 0.6 is 11.6 Å². The lowest BCUT2D eigenvalue weighted by Gasteiger charge is -2.13. The van der Waals surface area contributed by atoms with Gasteiger partial charge in [0.25, 0.3) is 0 Å². The van der Waals surface area contributed by atoms with Gasteiger partial charge in [-0.2, -0.15) is 0 Å². The first-order chi connectivity index (χ1) is 10.1. The predicted octanol–water partition coefficient (Wildman–Crippen LogP) is 5.32. The molecule has 2 aromatic rings. The standard InChI is InChI=1S/C19H24ClN/c1-4-21-13-17-8-9-18(20)12-19(17)16-7-5-6-15(11-16)10-14(2)3/h5-9,11-12,14,21H,4,10,13H2,1-3H3. The van der Waals surface area contributed by atoms with E-state index in [-0.39, 0.29) is 0 Å². The normalized spacial score (nSPS) is 11.1. The van der Waals surface area contributed by atoms with E-state index in [0.717, 1.165) is 24.5 Å². The van der Waals surface area contributed by atoms with Crippen molar-refractivity contribution < 1.29 is 0 Å². The lowest BCUT2D eigenvalue weighted by molar-refractivity contribution is 0.647. The number of hydrogen-bond acceptors (Lipinski definition) is 1. The Bertz CT molecular complexity index is 590. The second-order valence-corrected chi connectivity index (χ2v) is 6.32. The Morgan fingerprint density at radius 1 is 1.10 bits per heavy atom. The van der Waals surface area contributed by atoms with Crippen molar-refractivity contribution in [3.8, 4) is 11.1 Å². The van der Waals surface area contributed by atoms with Crippen LogP contribution in [-0.2, 0) is 13.0 Å². The first-order valence-corrected chi connectivity index (χ1v) is 8.06. The highest BCUT2D eigenvalue weighted by Crippen LogP contribution is 2.28. The zero-order chi connectivity index (χ0) is 15.2. The molecule has 0 unspecified atom stereocenters. The highest BCUT2D eigenvalue weighted by atomic mass is 35.5. The second-order valence-electron chi connectivity index (χ2n) is 5.88. The number of benzene rings is 2. The summed E-state index contributed by atoms with van der Waals surface area (Å²) in [6.45, 7) is 8.47. The lowest BCUT2D eigenvalue weighted by atomic mass is 9.95. The van der Waals surface area contributed by atoms with Gasteiger partial charge in [-0.25, -0.2) is 0 Å². The van der Waals surface area contributed by atoms with Gasteiger partial charge in [0.15, 0.2) is 0 Å². The molecule has 0 spiro atoms. The van der Waals surface area contributed by atoms with Crippen molar-refractivity contribution >= 4 is 11.6 Å². The monoisotopic (exact) mass is 301 g/mol. The van der Waals surface area contributed by atoms with Gasteiger partial charge in [0.2, 0.25) is 0 Å². The van der Waals surface area contributed by atoms with Crippen LogP contribution in [0.1, 0.15) is 31.9 Å². The van der Waals surface area contributed by atoms with Crippen molar-refractivity contribution in [1.82, 2.24) is 5.32 Å². The SMILES string of the molecule is CCNCc1ccc(Cl)cc1-c1cccc(CC(C)C)c1. The topological polar surface area (TPSA) is 12.0 Å². The second kappa shape index (κ2) is 7.63. The maximum absolute atomic E-state index is 6.20. The molecular weight excluding hydrogens is 278 g/mol. The first-order valence-electron chi connectivity index (χ1n) is 7.68. The summed E-state index contributed by atoms with van der Waals surface area (Å²) >= 11 is 6.20. The maximum Gasteiger partial charge on any atom is 0.0412 e. The van der Waals surface area contributed by atoms with E-state index < -0.39 is 0 Å². The van der Waals surface area contributed by atoms with Crippen molar-refractivity contribution in [2.24, 2.45) is 5.92 Å². The van der Waals surface area contributed by atoms with Gasteiger partial charge in [-0.3, -0.25) is 0 Å². The predicted molar refractivity (Wildman–Crippen MR) is 92.8 cm³/mol. The molecule has 1 nitrogen and oxygen atoms in total. The highest BCUT2D eigenvalue weighted by Gasteiger charge is 2.07. The zero-order valence-corrected chi connectivity index (χ0v) is 13.9. The Morgan fingerprint density at radius 3 is 2.62 bits per heavy atom. The summed E-state index contributed by atoms with van der Waals surface area (Å²) in [5.41, 5.74) is 5.16. The van der Waals surface area contributed by atoms with Crippen molar-refractivity contribution in [2.45, 2.75) is 33.7 Å². The molecule has 0 aromatic heterocycles. The maximum atomic E-state index is 6.20. The Kier molecular flexibility index (Phi) is 5.84. The fraction of sp³-hybridized carbons (Fsp3) is 0.368. The third kappa shape index (κ3) is 4.59. The fourth-order valence-corrected chi connectivity index (χ4v) is 2.74. The molecular formula is C19H24ClN. The van der Waals surface area contributed by atoms with Gasteiger partial charge in [0.1, 0.15) is 0 Å². The molecule has 0 aliphatic rings. The Morgan fingerprint density at radius 2 is 1.90 bits per heavy atom. The van der Waals surface area contributed by atoms with Crippen LogP contribution in [0, 0.1) is 5.92 Å². The molecule has 112 valence electrons. The molecule has 0 amide bonds. The molecule has 0 heterocycles. The summed E-state index contributed by atoms with van der Waals surface area (Å²) in [5.74, 6) is 0.667. The van der Waals surface area contributed by atoms with E-state index in [0.29, 0.717) is 5.92 Å². The fourth-order valence-electron chi connectivity index (χ4n) is 2.57. The van der Waals surface area contributed by atoms with Gasteiger partial charge < -0.3 is 5.32 Å². The van der Waals surface area contributed by atoms with E-state index >= 15 is 0 Å². The van der Waals surface area contributed by atoms with E-state index in [1.54, 1.807) is 0 Å². The molecule has 0 aliphatic carbocycles. The molecule has 0 bridgehead atoms. The minimum Gasteiger partial charge on any atom is -0.313 e. The number of halogens is 1. The highest BCUT2D eigenvalue weighted by molar-refractivity contribution is 6.30. The molecule has 0 fully saturated rings. The molecule has 21 heavy (non-hydrogen) atoms. The van der Waals surface area contributed by atoms with Crippen LogP contribution in [0.4, 0.5) is 0 Å². The van der Waals surface area contributed by atoms with Crippen LogP contribution in [0.3, 0.4) is 0 Å². The average molecular weight is 302 g/mol. The van der Waals surface area contributed by atoms with Crippen molar-refractivity contribution in [3.05, 3.63) is 58.6 Å². The number of rotatable bonds is 6. The third-order valence-corrected chi connectivity index (χ3v) is 3.75. The van der Waals surface area contributed by atoms with E-state index in [1.807, 2.05) is 6.07 Å². The zero-order valence-electron chi connectivity index (χ0n) is 13.1.